The van der Waals surface area contributed by atoms with E-state index in [0.717, 1.165) is 28.8 Å². The first kappa shape index (κ1) is 20.6. The van der Waals surface area contributed by atoms with Crippen LogP contribution in [0.2, 0.25) is 0 Å². The van der Waals surface area contributed by atoms with Gasteiger partial charge < -0.3 is 19.0 Å². The molecule has 0 saturated carbocycles. The van der Waals surface area contributed by atoms with Crippen molar-refractivity contribution < 1.29 is 13.9 Å². The number of fused-ring (bicyclic) bond motifs is 1. The predicted octanol–water partition coefficient (Wildman–Crippen LogP) is 5.19. The molecule has 3 aromatic carbocycles. The molecule has 1 N–H and O–H groups in total. The van der Waals surface area contributed by atoms with Crippen LogP contribution in [0.15, 0.2) is 102 Å². The summed E-state index contributed by atoms with van der Waals surface area (Å²) in [5.74, 6) is 0.758. The largest absolute Gasteiger partial charge is 0.489 e. The SMILES string of the molecule is O=C(NCc1ccc(Cn2ccnc2)cc1)c1oc2ccccc2c1COc1ccccc1. The molecular weight excluding hydrogens is 414 g/mol. The van der Waals surface area contributed by atoms with Gasteiger partial charge in [0.2, 0.25) is 0 Å². The number of furan rings is 1. The summed E-state index contributed by atoms with van der Waals surface area (Å²) < 4.78 is 13.8. The van der Waals surface area contributed by atoms with Crippen molar-refractivity contribution in [3.63, 3.8) is 0 Å². The summed E-state index contributed by atoms with van der Waals surface area (Å²) in [5, 5.41) is 3.85. The molecule has 33 heavy (non-hydrogen) atoms. The lowest BCUT2D eigenvalue weighted by Crippen LogP contribution is -2.23. The van der Waals surface area contributed by atoms with E-state index in [-0.39, 0.29) is 18.3 Å². The van der Waals surface area contributed by atoms with E-state index in [0.29, 0.717) is 12.1 Å². The summed E-state index contributed by atoms with van der Waals surface area (Å²) in [6.45, 7) is 1.41. The van der Waals surface area contributed by atoms with Gasteiger partial charge in [-0.2, -0.15) is 0 Å². The van der Waals surface area contributed by atoms with Crippen LogP contribution in [0.4, 0.5) is 0 Å². The Morgan fingerprint density at radius 1 is 0.939 bits per heavy atom. The van der Waals surface area contributed by atoms with Gasteiger partial charge in [0.1, 0.15) is 17.9 Å². The molecule has 0 aliphatic heterocycles. The van der Waals surface area contributed by atoms with Crippen molar-refractivity contribution in [3.05, 3.63) is 120 Å². The molecule has 0 radical (unpaired) electrons. The van der Waals surface area contributed by atoms with Crippen molar-refractivity contribution in [1.82, 2.24) is 14.9 Å². The van der Waals surface area contributed by atoms with Crippen molar-refractivity contribution in [3.8, 4) is 5.75 Å². The van der Waals surface area contributed by atoms with E-state index in [2.05, 4.69) is 22.4 Å². The maximum atomic E-state index is 13.0. The molecule has 1 amide bonds. The number of nitrogens with zero attached hydrogens (tertiary/aromatic N) is 2. The molecule has 0 unspecified atom stereocenters. The van der Waals surface area contributed by atoms with Crippen LogP contribution in [-0.4, -0.2) is 15.5 Å². The van der Waals surface area contributed by atoms with Gasteiger partial charge in [0.05, 0.1) is 6.33 Å². The van der Waals surface area contributed by atoms with E-state index in [1.165, 1.54) is 5.56 Å². The number of para-hydroxylation sites is 2. The number of aromatic nitrogens is 2. The second-order valence-corrected chi connectivity index (χ2v) is 7.74. The van der Waals surface area contributed by atoms with Gasteiger partial charge in [-0.05, 0) is 29.3 Å². The van der Waals surface area contributed by atoms with E-state index in [9.17, 15) is 4.79 Å². The van der Waals surface area contributed by atoms with E-state index >= 15 is 0 Å². The van der Waals surface area contributed by atoms with Crippen molar-refractivity contribution in [2.45, 2.75) is 19.7 Å². The minimum atomic E-state index is -0.264. The molecular formula is C27H23N3O3. The van der Waals surface area contributed by atoms with Crippen LogP contribution in [-0.2, 0) is 19.7 Å². The van der Waals surface area contributed by atoms with Gasteiger partial charge in [-0.1, -0.05) is 60.7 Å². The molecule has 0 aliphatic rings. The summed E-state index contributed by atoms with van der Waals surface area (Å²) in [6, 6.07) is 25.3. The fourth-order valence-electron chi connectivity index (χ4n) is 3.71. The number of imidazole rings is 1. The Morgan fingerprint density at radius 2 is 1.70 bits per heavy atom. The molecule has 5 aromatic rings. The number of hydrogen-bond acceptors (Lipinski definition) is 4. The normalized spacial score (nSPS) is 10.9. The van der Waals surface area contributed by atoms with E-state index < -0.39 is 0 Å². The third kappa shape index (κ3) is 4.80. The van der Waals surface area contributed by atoms with E-state index in [1.54, 1.807) is 12.5 Å². The summed E-state index contributed by atoms with van der Waals surface area (Å²) in [6.07, 6.45) is 5.49. The molecule has 0 atom stereocenters. The van der Waals surface area contributed by atoms with Crippen molar-refractivity contribution in [2.75, 3.05) is 0 Å². The molecule has 6 heteroatoms. The van der Waals surface area contributed by atoms with Gasteiger partial charge in [0.25, 0.3) is 5.91 Å². The summed E-state index contributed by atoms with van der Waals surface area (Å²) in [4.78, 5) is 17.1. The minimum Gasteiger partial charge on any atom is -0.489 e. The topological polar surface area (TPSA) is 69.3 Å². The standard InChI is InChI=1S/C27H23N3O3/c31-27(29-16-20-10-12-21(13-11-20)17-30-15-14-28-19-30)26-24(18-32-22-6-2-1-3-7-22)23-8-4-5-9-25(23)33-26/h1-15,19H,16-18H2,(H,29,31). The molecule has 0 spiro atoms. The quantitative estimate of drug-likeness (QED) is 0.363. The van der Waals surface area contributed by atoms with Crippen molar-refractivity contribution in [2.24, 2.45) is 0 Å². The molecule has 0 saturated heterocycles. The minimum absolute atomic E-state index is 0.243. The molecule has 2 aromatic heterocycles. The number of nitrogens with one attached hydrogen (secondary N) is 1. The zero-order valence-corrected chi connectivity index (χ0v) is 18.0. The van der Waals surface area contributed by atoms with Crippen molar-refractivity contribution in [1.29, 1.82) is 0 Å². The Kier molecular flexibility index (Phi) is 5.89. The maximum absolute atomic E-state index is 13.0. The van der Waals surface area contributed by atoms with Gasteiger partial charge in [-0.25, -0.2) is 4.98 Å². The number of carbonyl (C=O) groups is 1. The van der Waals surface area contributed by atoms with Crippen LogP contribution in [0.3, 0.4) is 0 Å². The first-order valence-electron chi connectivity index (χ1n) is 10.8. The molecule has 2 heterocycles. The van der Waals surface area contributed by atoms with E-state index in [4.69, 9.17) is 9.15 Å². The number of amides is 1. The molecule has 0 bridgehead atoms. The van der Waals surface area contributed by atoms with Crippen LogP contribution in [0.25, 0.3) is 11.0 Å². The Bertz CT molecular complexity index is 1340. The van der Waals surface area contributed by atoms with Gasteiger partial charge in [-0.3, -0.25) is 4.79 Å². The monoisotopic (exact) mass is 437 g/mol. The number of benzene rings is 3. The van der Waals surface area contributed by atoms with Gasteiger partial charge in [-0.15, -0.1) is 0 Å². The summed E-state index contributed by atoms with van der Waals surface area (Å²) >= 11 is 0. The highest BCUT2D eigenvalue weighted by atomic mass is 16.5. The average molecular weight is 437 g/mol. The fraction of sp³-hybridized carbons (Fsp3) is 0.111. The van der Waals surface area contributed by atoms with Crippen LogP contribution in [0, 0.1) is 0 Å². The summed E-state index contributed by atoms with van der Waals surface area (Å²) in [7, 11) is 0. The molecule has 0 aliphatic carbocycles. The fourth-order valence-corrected chi connectivity index (χ4v) is 3.71. The Hall–Kier alpha value is -4.32. The van der Waals surface area contributed by atoms with Crippen LogP contribution < -0.4 is 10.1 Å². The van der Waals surface area contributed by atoms with Crippen LogP contribution in [0.1, 0.15) is 27.2 Å². The van der Waals surface area contributed by atoms with Gasteiger partial charge in [0.15, 0.2) is 5.76 Å². The Labute approximate surface area is 191 Å². The predicted molar refractivity (Wildman–Crippen MR) is 126 cm³/mol. The number of carbonyl (C=O) groups excluding carboxylic acids is 1. The smallest absolute Gasteiger partial charge is 0.287 e. The number of hydrogen-bond donors (Lipinski definition) is 1. The van der Waals surface area contributed by atoms with Crippen molar-refractivity contribution >= 4 is 16.9 Å². The van der Waals surface area contributed by atoms with Gasteiger partial charge in [0, 0.05) is 36.4 Å². The zero-order chi connectivity index (χ0) is 22.5. The second kappa shape index (κ2) is 9.44. The lowest BCUT2D eigenvalue weighted by molar-refractivity contribution is 0.0922. The molecule has 5 rings (SSSR count). The van der Waals surface area contributed by atoms with E-state index in [1.807, 2.05) is 77.5 Å². The van der Waals surface area contributed by atoms with Crippen LogP contribution >= 0.6 is 0 Å². The first-order valence-corrected chi connectivity index (χ1v) is 10.8. The zero-order valence-electron chi connectivity index (χ0n) is 18.0. The van der Waals surface area contributed by atoms with Crippen LogP contribution in [0.5, 0.6) is 5.75 Å². The molecule has 0 fully saturated rings. The highest BCUT2D eigenvalue weighted by molar-refractivity contribution is 5.99. The third-order valence-corrected chi connectivity index (χ3v) is 5.43. The Balaban J connectivity index is 1.28. The lowest BCUT2D eigenvalue weighted by Gasteiger charge is -2.09. The first-order chi connectivity index (χ1) is 16.3. The number of rotatable bonds is 8. The highest BCUT2D eigenvalue weighted by Crippen LogP contribution is 2.27. The Morgan fingerprint density at radius 3 is 2.48 bits per heavy atom. The van der Waals surface area contributed by atoms with Gasteiger partial charge >= 0.3 is 0 Å². The lowest BCUT2D eigenvalue weighted by atomic mass is 10.1. The number of ether oxygens (including phenoxy) is 1. The summed E-state index contributed by atoms with van der Waals surface area (Å²) in [5.41, 5.74) is 3.58. The molecule has 6 nitrogen and oxygen atoms in total. The second-order valence-electron chi connectivity index (χ2n) is 7.74. The maximum Gasteiger partial charge on any atom is 0.287 e. The average Bonchev–Trinajstić information content (AvgIpc) is 3.50. The molecule has 164 valence electrons. The third-order valence-electron chi connectivity index (χ3n) is 5.43. The highest BCUT2D eigenvalue weighted by Gasteiger charge is 2.21.